The van der Waals surface area contributed by atoms with Gasteiger partial charge in [-0.15, -0.1) is 11.6 Å². The van der Waals surface area contributed by atoms with Crippen molar-refractivity contribution in [2.75, 3.05) is 19.0 Å². The average Bonchev–Trinajstić information content (AvgIpc) is 2.61. The van der Waals surface area contributed by atoms with Crippen molar-refractivity contribution in [3.8, 4) is 11.9 Å². The van der Waals surface area contributed by atoms with Crippen LogP contribution < -0.4 is 20.7 Å². The second kappa shape index (κ2) is 7.42. The molecule has 0 saturated carbocycles. The number of halogens is 1. The number of carbonyl (C=O) groups excluding carboxylic acids is 1. The van der Waals surface area contributed by atoms with E-state index < -0.39 is 0 Å². The summed E-state index contributed by atoms with van der Waals surface area (Å²) in [6, 6.07) is 1.80. The van der Waals surface area contributed by atoms with E-state index in [2.05, 4.69) is 25.9 Å². The van der Waals surface area contributed by atoms with Gasteiger partial charge in [-0.1, -0.05) is 0 Å². The number of piperidine rings is 2. The number of nitriles is 1. The number of hydrogen-bond donors (Lipinski definition) is 3. The van der Waals surface area contributed by atoms with Crippen LogP contribution in [0, 0.1) is 23.2 Å². The van der Waals surface area contributed by atoms with Gasteiger partial charge in [0.05, 0.1) is 25.4 Å². The van der Waals surface area contributed by atoms with Crippen LogP contribution in [0.5, 0.6) is 5.88 Å². The minimum atomic E-state index is -0.213. The summed E-state index contributed by atoms with van der Waals surface area (Å²) in [7, 11) is 1.45. The average molecular weight is 365 g/mol. The van der Waals surface area contributed by atoms with Crippen LogP contribution in [0.4, 0.5) is 5.95 Å². The topological polar surface area (TPSA) is 112 Å². The number of ether oxygens (including phenoxy) is 1. The zero-order chi connectivity index (χ0) is 18.0. The Morgan fingerprint density at radius 3 is 3.04 bits per heavy atom. The number of anilines is 1. The summed E-state index contributed by atoms with van der Waals surface area (Å²) in [5, 5.41) is 18.6. The number of nitrogens with one attached hydrogen (secondary N) is 3. The van der Waals surface area contributed by atoms with Crippen molar-refractivity contribution in [2.45, 2.75) is 37.4 Å². The zero-order valence-corrected chi connectivity index (χ0v) is 14.9. The second-order valence-electron chi connectivity index (χ2n) is 6.49. The van der Waals surface area contributed by atoms with E-state index in [9.17, 15) is 4.79 Å². The van der Waals surface area contributed by atoms with E-state index in [1.54, 1.807) is 0 Å². The number of alkyl halides is 1. The van der Waals surface area contributed by atoms with Gasteiger partial charge in [-0.3, -0.25) is 10.1 Å². The Balaban J connectivity index is 1.69. The van der Waals surface area contributed by atoms with Crippen molar-refractivity contribution in [3.05, 3.63) is 11.8 Å². The lowest BCUT2D eigenvalue weighted by Gasteiger charge is -2.42. The molecule has 1 aromatic rings. The smallest absolute Gasteiger partial charge is 0.236 e. The highest BCUT2D eigenvalue weighted by atomic mass is 35.5. The molecule has 0 bridgehead atoms. The number of hydrogen-bond acceptors (Lipinski definition) is 7. The maximum Gasteiger partial charge on any atom is 0.236 e. The molecule has 3 N–H and O–H groups in total. The van der Waals surface area contributed by atoms with E-state index >= 15 is 0 Å². The molecule has 2 aliphatic heterocycles. The van der Waals surface area contributed by atoms with E-state index in [0.717, 1.165) is 12.8 Å². The molecule has 2 aliphatic rings. The Labute approximate surface area is 151 Å². The molecule has 5 atom stereocenters. The summed E-state index contributed by atoms with van der Waals surface area (Å²) in [6.07, 6.45) is 3.02. The van der Waals surface area contributed by atoms with Gasteiger partial charge in [0.1, 0.15) is 11.6 Å². The molecule has 3 heterocycles. The third kappa shape index (κ3) is 3.78. The number of nitrogens with zero attached hydrogens (tertiary/aromatic N) is 3. The quantitative estimate of drug-likeness (QED) is 0.678. The largest absolute Gasteiger partial charge is 0.480 e. The van der Waals surface area contributed by atoms with Crippen LogP contribution >= 0.6 is 11.6 Å². The van der Waals surface area contributed by atoms with Crippen molar-refractivity contribution in [3.63, 3.8) is 0 Å². The van der Waals surface area contributed by atoms with Crippen LogP contribution in [0.3, 0.4) is 0 Å². The van der Waals surface area contributed by atoms with Crippen LogP contribution in [0.25, 0.3) is 0 Å². The maximum atomic E-state index is 12.5. The molecule has 9 heteroatoms. The summed E-state index contributed by atoms with van der Waals surface area (Å²) >= 11 is 6.24. The number of fused-ring (bicyclic) bond motifs is 1. The summed E-state index contributed by atoms with van der Waals surface area (Å²) < 4.78 is 5.09. The number of rotatable bonds is 4. The summed E-state index contributed by atoms with van der Waals surface area (Å²) in [5.41, 5.74) is 0.264. The van der Waals surface area contributed by atoms with Crippen molar-refractivity contribution in [1.29, 1.82) is 5.26 Å². The molecule has 1 amide bonds. The predicted octanol–water partition coefficient (Wildman–Crippen LogP) is 0.836. The summed E-state index contributed by atoms with van der Waals surface area (Å²) in [6.45, 7) is 2.63. The first-order valence-corrected chi connectivity index (χ1v) is 8.71. The second-order valence-corrected chi connectivity index (χ2v) is 7.11. The fraction of sp³-hybridized carbons (Fsp3) is 0.625. The van der Waals surface area contributed by atoms with Gasteiger partial charge in [-0.25, -0.2) is 4.98 Å². The monoisotopic (exact) mass is 364 g/mol. The Hall–Kier alpha value is -2.11. The Bertz CT molecular complexity index is 694. The summed E-state index contributed by atoms with van der Waals surface area (Å²) in [5.74, 6) is 0.634. The van der Waals surface area contributed by atoms with E-state index in [1.165, 1.54) is 13.3 Å². The van der Waals surface area contributed by atoms with Gasteiger partial charge in [0.25, 0.3) is 0 Å². The maximum absolute atomic E-state index is 12.5. The van der Waals surface area contributed by atoms with Crippen LogP contribution in [-0.4, -0.2) is 47.1 Å². The molecule has 25 heavy (non-hydrogen) atoms. The van der Waals surface area contributed by atoms with Crippen molar-refractivity contribution >= 4 is 23.5 Å². The molecular formula is C16H21ClN6O2. The molecular weight excluding hydrogens is 344 g/mol. The molecule has 1 aromatic heterocycles. The zero-order valence-electron chi connectivity index (χ0n) is 14.1. The van der Waals surface area contributed by atoms with E-state index in [0.29, 0.717) is 18.4 Å². The third-order valence-electron chi connectivity index (χ3n) is 4.81. The highest BCUT2D eigenvalue weighted by molar-refractivity contribution is 6.20. The van der Waals surface area contributed by atoms with Gasteiger partial charge in [-0.05, 0) is 25.7 Å². The summed E-state index contributed by atoms with van der Waals surface area (Å²) in [4.78, 5) is 20.8. The number of aromatic nitrogens is 2. The van der Waals surface area contributed by atoms with Crippen molar-refractivity contribution in [1.82, 2.24) is 20.6 Å². The van der Waals surface area contributed by atoms with Gasteiger partial charge in [0.2, 0.25) is 17.7 Å². The number of amides is 1. The van der Waals surface area contributed by atoms with Crippen LogP contribution in [0.2, 0.25) is 0 Å². The normalized spacial score (nSPS) is 29.8. The molecule has 4 unspecified atom stereocenters. The first-order valence-electron chi connectivity index (χ1n) is 8.27. The highest BCUT2D eigenvalue weighted by Gasteiger charge is 2.41. The van der Waals surface area contributed by atoms with Gasteiger partial charge in [0, 0.05) is 18.0 Å². The molecule has 0 aromatic carbocycles. The molecule has 2 saturated heterocycles. The lowest BCUT2D eigenvalue weighted by Crippen LogP contribution is -2.62. The Kier molecular flexibility index (Phi) is 5.25. The minimum Gasteiger partial charge on any atom is -0.480 e. The molecule has 134 valence electrons. The first-order chi connectivity index (χ1) is 12.0. The molecule has 0 aliphatic carbocycles. The molecule has 2 fully saturated rings. The highest BCUT2D eigenvalue weighted by Crippen LogP contribution is 2.31. The minimum absolute atomic E-state index is 0.00221. The Morgan fingerprint density at radius 2 is 2.32 bits per heavy atom. The lowest BCUT2D eigenvalue weighted by atomic mass is 9.79. The fourth-order valence-corrected chi connectivity index (χ4v) is 3.79. The van der Waals surface area contributed by atoms with E-state index in [1.807, 2.05) is 13.0 Å². The van der Waals surface area contributed by atoms with E-state index in [-0.39, 0.29) is 40.9 Å². The predicted molar refractivity (Wildman–Crippen MR) is 92.2 cm³/mol. The molecule has 3 rings (SSSR count). The van der Waals surface area contributed by atoms with Gasteiger partial charge >= 0.3 is 0 Å². The van der Waals surface area contributed by atoms with Crippen molar-refractivity contribution < 1.29 is 9.53 Å². The van der Waals surface area contributed by atoms with Crippen LogP contribution in [0.15, 0.2) is 6.20 Å². The van der Waals surface area contributed by atoms with Gasteiger partial charge in [-0.2, -0.15) is 10.2 Å². The number of methoxy groups -OCH3 is 1. The third-order valence-corrected chi connectivity index (χ3v) is 5.14. The van der Waals surface area contributed by atoms with Gasteiger partial charge in [0.15, 0.2) is 0 Å². The van der Waals surface area contributed by atoms with E-state index in [4.69, 9.17) is 21.6 Å². The first kappa shape index (κ1) is 17.7. The number of carbonyl (C=O) groups is 1. The van der Waals surface area contributed by atoms with Crippen LogP contribution in [0.1, 0.15) is 25.3 Å². The fourth-order valence-electron chi connectivity index (χ4n) is 3.47. The SMILES string of the molecule is COc1nc(N[C@@H](C)C2CC3CC(Cl)CNC3NC2=O)ncc1C#N. The molecule has 8 nitrogen and oxygen atoms in total. The molecule has 0 spiro atoms. The Morgan fingerprint density at radius 1 is 1.52 bits per heavy atom. The van der Waals surface area contributed by atoms with Crippen LogP contribution in [-0.2, 0) is 4.79 Å². The van der Waals surface area contributed by atoms with Gasteiger partial charge < -0.3 is 15.4 Å². The van der Waals surface area contributed by atoms with Crippen molar-refractivity contribution in [2.24, 2.45) is 11.8 Å². The molecule has 0 radical (unpaired) electrons. The standard InChI is InChI=1S/C16H21ClN6O2/c1-8(21-16-20-6-10(5-18)15(23-16)25-2)12-4-9-3-11(17)7-19-13(9)22-14(12)24/h6,8-9,11-13,19H,3-4,7H2,1-2H3,(H,22,24)(H,20,21,23)/t8-,9?,11?,12?,13?/m0/s1. The lowest BCUT2D eigenvalue weighted by molar-refractivity contribution is -0.130.